The topological polar surface area (TPSA) is 71.2 Å². The van der Waals surface area contributed by atoms with Gasteiger partial charge >= 0.3 is 6.18 Å². The molecule has 0 atom stereocenters. The van der Waals surface area contributed by atoms with E-state index in [2.05, 4.69) is 10.1 Å². The molecule has 0 radical (unpaired) electrons. The Bertz CT molecular complexity index is 1380. The second-order valence-electron chi connectivity index (χ2n) is 6.83. The number of fused-ring (bicyclic) bond motifs is 2. The molecule has 158 valence electrons. The van der Waals surface area contributed by atoms with Crippen molar-refractivity contribution in [3.8, 4) is 17.2 Å². The molecule has 0 spiro atoms. The predicted octanol–water partition coefficient (Wildman–Crippen LogP) is 4.03. The average Bonchev–Trinajstić information content (AvgIpc) is 3.37. The molecule has 0 saturated heterocycles. The second kappa shape index (κ2) is 7.02. The van der Waals surface area contributed by atoms with Gasteiger partial charge in [-0.3, -0.25) is 9.36 Å². The van der Waals surface area contributed by atoms with Crippen LogP contribution < -0.4 is 15.0 Å². The fourth-order valence-electron chi connectivity index (χ4n) is 3.37. The highest BCUT2D eigenvalue weighted by atomic mass is 35.5. The lowest BCUT2D eigenvalue weighted by Gasteiger charge is -2.10. The highest BCUT2D eigenvalue weighted by molar-refractivity contribution is 6.32. The van der Waals surface area contributed by atoms with E-state index in [9.17, 15) is 18.0 Å². The predicted molar refractivity (Wildman–Crippen MR) is 105 cm³/mol. The van der Waals surface area contributed by atoms with Gasteiger partial charge in [-0.2, -0.15) is 18.3 Å². The molecule has 1 aliphatic heterocycles. The quantitative estimate of drug-likeness (QED) is 0.473. The van der Waals surface area contributed by atoms with Crippen LogP contribution in [0.25, 0.3) is 16.7 Å². The summed E-state index contributed by atoms with van der Waals surface area (Å²) in [7, 11) is 0. The smallest absolute Gasteiger partial charge is 0.416 e. The summed E-state index contributed by atoms with van der Waals surface area (Å²) in [6.45, 7) is 0.230. The van der Waals surface area contributed by atoms with Gasteiger partial charge in [-0.05, 0) is 35.9 Å². The van der Waals surface area contributed by atoms with E-state index >= 15 is 0 Å². The number of alkyl halides is 3. The van der Waals surface area contributed by atoms with Gasteiger partial charge in [0.05, 0.1) is 29.0 Å². The number of benzene rings is 2. The van der Waals surface area contributed by atoms with E-state index in [0.29, 0.717) is 22.1 Å². The third-order valence-electron chi connectivity index (χ3n) is 4.81. The van der Waals surface area contributed by atoms with Crippen LogP contribution in [-0.4, -0.2) is 26.1 Å². The van der Waals surface area contributed by atoms with Crippen LogP contribution >= 0.6 is 11.6 Å². The Balaban J connectivity index is 1.53. The number of hydrogen-bond donors (Lipinski definition) is 0. The van der Waals surface area contributed by atoms with Crippen LogP contribution in [0.15, 0.2) is 53.7 Å². The van der Waals surface area contributed by atoms with E-state index in [1.807, 2.05) is 0 Å². The van der Waals surface area contributed by atoms with Crippen LogP contribution in [0.2, 0.25) is 5.02 Å². The lowest BCUT2D eigenvalue weighted by molar-refractivity contribution is -0.137. The molecule has 7 nitrogen and oxygen atoms in total. The molecule has 3 heterocycles. The molecule has 0 fully saturated rings. The summed E-state index contributed by atoms with van der Waals surface area (Å²) in [6.07, 6.45) is -1.89. The maximum Gasteiger partial charge on any atom is 0.416 e. The second-order valence-corrected chi connectivity index (χ2v) is 7.24. The van der Waals surface area contributed by atoms with Crippen molar-refractivity contribution in [1.29, 1.82) is 0 Å². The molecule has 2 aromatic carbocycles. The number of hydrogen-bond acceptors (Lipinski definition) is 5. The van der Waals surface area contributed by atoms with Crippen molar-refractivity contribution in [1.82, 2.24) is 19.3 Å². The Morgan fingerprint density at radius 1 is 1.16 bits per heavy atom. The zero-order valence-electron chi connectivity index (χ0n) is 15.6. The van der Waals surface area contributed by atoms with Gasteiger partial charge in [-0.1, -0.05) is 17.7 Å². The fraction of sp³-hybridized carbons (Fsp3) is 0.150. The first-order valence-corrected chi connectivity index (χ1v) is 9.38. The van der Waals surface area contributed by atoms with Gasteiger partial charge in [0.25, 0.3) is 5.56 Å². The molecule has 31 heavy (non-hydrogen) atoms. The molecule has 0 unspecified atom stereocenters. The number of aromatic nitrogens is 4. The highest BCUT2D eigenvalue weighted by Crippen LogP contribution is 2.40. The summed E-state index contributed by atoms with van der Waals surface area (Å²) in [5.41, 5.74) is -0.206. The molecule has 2 aromatic heterocycles. The molecule has 0 bridgehead atoms. The third-order valence-corrected chi connectivity index (χ3v) is 5.09. The molecular weight excluding hydrogens is 437 g/mol. The van der Waals surface area contributed by atoms with E-state index < -0.39 is 17.3 Å². The Kier molecular flexibility index (Phi) is 4.40. The largest absolute Gasteiger partial charge is 0.454 e. The van der Waals surface area contributed by atoms with E-state index in [1.165, 1.54) is 33.9 Å². The van der Waals surface area contributed by atoms with Crippen LogP contribution in [0.3, 0.4) is 0 Å². The first-order valence-electron chi connectivity index (χ1n) is 9.00. The van der Waals surface area contributed by atoms with Crippen LogP contribution in [0.5, 0.6) is 11.5 Å². The van der Waals surface area contributed by atoms with Gasteiger partial charge in [0.2, 0.25) is 6.79 Å². The maximum absolute atomic E-state index is 13.0. The fourth-order valence-corrected chi connectivity index (χ4v) is 3.66. The Hall–Kier alpha value is -3.53. The monoisotopic (exact) mass is 448 g/mol. The summed E-state index contributed by atoms with van der Waals surface area (Å²) in [6, 6.07) is 8.04. The standard InChI is InChI=1S/C20H12ClF3N4O3/c21-15-4-11(5-16-17(15)31-10-30-16)8-27-9-25-18-14(19(27)29)7-26-28(18)13-3-1-2-12(6-13)20(22,23)24/h1-7,9H,8,10H2. The number of halogens is 4. The van der Waals surface area contributed by atoms with Crippen molar-refractivity contribution in [3.05, 3.63) is 75.4 Å². The first-order chi connectivity index (χ1) is 14.8. The maximum atomic E-state index is 13.0. The summed E-state index contributed by atoms with van der Waals surface area (Å²) in [4.78, 5) is 17.2. The highest BCUT2D eigenvalue weighted by Gasteiger charge is 2.30. The first kappa shape index (κ1) is 19.4. The van der Waals surface area contributed by atoms with Crippen molar-refractivity contribution in [2.75, 3.05) is 6.79 Å². The van der Waals surface area contributed by atoms with Gasteiger partial charge in [0.1, 0.15) is 11.7 Å². The van der Waals surface area contributed by atoms with Crippen LogP contribution in [-0.2, 0) is 12.7 Å². The lowest BCUT2D eigenvalue weighted by Crippen LogP contribution is -2.21. The van der Waals surface area contributed by atoms with Gasteiger partial charge in [0, 0.05) is 0 Å². The molecule has 0 aliphatic carbocycles. The molecule has 0 saturated carbocycles. The zero-order valence-corrected chi connectivity index (χ0v) is 16.3. The average molecular weight is 449 g/mol. The molecule has 0 N–H and O–H groups in total. The van der Waals surface area contributed by atoms with Crippen molar-refractivity contribution >= 4 is 22.6 Å². The Morgan fingerprint density at radius 2 is 2.00 bits per heavy atom. The van der Waals surface area contributed by atoms with E-state index in [1.54, 1.807) is 12.1 Å². The SMILES string of the molecule is O=c1c2cnn(-c3cccc(C(F)(F)F)c3)c2ncn1Cc1cc(Cl)c2c(c1)OCO2. The van der Waals surface area contributed by atoms with Crippen LogP contribution in [0.1, 0.15) is 11.1 Å². The van der Waals surface area contributed by atoms with Crippen LogP contribution in [0, 0.1) is 0 Å². The molecule has 0 amide bonds. The van der Waals surface area contributed by atoms with Gasteiger partial charge in [0.15, 0.2) is 17.1 Å². The minimum atomic E-state index is -4.50. The Labute approximate surface area is 177 Å². The van der Waals surface area contributed by atoms with Crippen LogP contribution in [0.4, 0.5) is 13.2 Å². The van der Waals surface area contributed by atoms with Crippen molar-refractivity contribution < 1.29 is 22.6 Å². The van der Waals surface area contributed by atoms with E-state index in [0.717, 1.165) is 12.1 Å². The zero-order chi connectivity index (χ0) is 21.8. The molecule has 1 aliphatic rings. The third kappa shape index (κ3) is 3.38. The summed E-state index contributed by atoms with van der Waals surface area (Å²) >= 11 is 6.19. The van der Waals surface area contributed by atoms with E-state index in [-0.39, 0.29) is 30.1 Å². The van der Waals surface area contributed by atoms with E-state index in [4.69, 9.17) is 21.1 Å². The van der Waals surface area contributed by atoms with Crippen molar-refractivity contribution in [2.45, 2.75) is 12.7 Å². The van der Waals surface area contributed by atoms with Gasteiger partial charge < -0.3 is 9.47 Å². The van der Waals surface area contributed by atoms with Gasteiger partial charge in [-0.25, -0.2) is 9.67 Å². The number of nitrogens with zero attached hydrogens (tertiary/aromatic N) is 4. The molecule has 4 aromatic rings. The minimum absolute atomic E-state index is 0.0701. The summed E-state index contributed by atoms with van der Waals surface area (Å²) in [5.74, 6) is 0.940. The normalized spacial score (nSPS) is 13.2. The minimum Gasteiger partial charge on any atom is -0.454 e. The number of ether oxygens (including phenoxy) is 2. The number of rotatable bonds is 3. The van der Waals surface area contributed by atoms with Crippen molar-refractivity contribution in [2.24, 2.45) is 0 Å². The molecular formula is C20H12ClF3N4O3. The molecule has 5 rings (SSSR count). The summed E-state index contributed by atoms with van der Waals surface area (Å²) < 4.78 is 52.3. The van der Waals surface area contributed by atoms with Crippen molar-refractivity contribution in [3.63, 3.8) is 0 Å². The Morgan fingerprint density at radius 3 is 2.81 bits per heavy atom. The molecule has 11 heteroatoms. The summed E-state index contributed by atoms with van der Waals surface area (Å²) in [5, 5.41) is 4.61. The van der Waals surface area contributed by atoms with Gasteiger partial charge in [-0.15, -0.1) is 0 Å². The lowest BCUT2D eigenvalue weighted by atomic mass is 10.2.